The predicted molar refractivity (Wildman–Crippen MR) is 77.2 cm³/mol. The first-order chi connectivity index (χ1) is 9.74. The Kier molecular flexibility index (Phi) is 3.25. The summed E-state index contributed by atoms with van der Waals surface area (Å²) in [4.78, 5) is 0. The molecule has 0 saturated heterocycles. The van der Waals surface area contributed by atoms with E-state index in [1.165, 1.54) is 5.69 Å². The van der Waals surface area contributed by atoms with Crippen molar-refractivity contribution in [3.05, 3.63) is 54.2 Å². The second-order valence-electron chi connectivity index (χ2n) is 4.64. The number of benzene rings is 1. The molecule has 5 heteroatoms. The van der Waals surface area contributed by atoms with Gasteiger partial charge in [0.2, 0.25) is 11.8 Å². The van der Waals surface area contributed by atoms with Crippen molar-refractivity contribution < 1.29 is 4.42 Å². The Hall–Kier alpha value is -2.56. The van der Waals surface area contributed by atoms with E-state index in [9.17, 15) is 0 Å². The third-order valence-corrected chi connectivity index (χ3v) is 3.19. The van der Waals surface area contributed by atoms with Gasteiger partial charge >= 0.3 is 0 Å². The van der Waals surface area contributed by atoms with Gasteiger partial charge in [-0.2, -0.15) is 0 Å². The Labute approximate surface area is 117 Å². The van der Waals surface area contributed by atoms with Crippen LogP contribution in [0.5, 0.6) is 0 Å². The lowest BCUT2D eigenvalue weighted by atomic mass is 10.1. The second-order valence-corrected chi connectivity index (χ2v) is 4.64. The molecule has 0 fully saturated rings. The van der Waals surface area contributed by atoms with E-state index in [1.807, 2.05) is 43.6 Å². The van der Waals surface area contributed by atoms with Gasteiger partial charge in [0.25, 0.3) is 0 Å². The van der Waals surface area contributed by atoms with Crippen molar-refractivity contribution in [2.45, 2.75) is 13.5 Å². The first-order valence-corrected chi connectivity index (χ1v) is 6.47. The number of nitrogens with zero attached hydrogens (tertiary/aromatic N) is 3. The van der Waals surface area contributed by atoms with Crippen LogP contribution in [0.4, 0.5) is 5.69 Å². The molecule has 3 aromatic rings. The zero-order valence-electron chi connectivity index (χ0n) is 11.5. The third kappa shape index (κ3) is 2.42. The van der Waals surface area contributed by atoms with Crippen LogP contribution in [0.1, 0.15) is 11.6 Å². The summed E-state index contributed by atoms with van der Waals surface area (Å²) in [6, 6.07) is 12.1. The van der Waals surface area contributed by atoms with Gasteiger partial charge in [0.05, 0.1) is 12.1 Å². The van der Waals surface area contributed by atoms with Gasteiger partial charge in [0.15, 0.2) is 0 Å². The van der Waals surface area contributed by atoms with Gasteiger partial charge < -0.3 is 14.3 Å². The van der Waals surface area contributed by atoms with Crippen LogP contribution in [-0.2, 0) is 13.6 Å². The van der Waals surface area contributed by atoms with E-state index >= 15 is 0 Å². The average molecular weight is 268 g/mol. The van der Waals surface area contributed by atoms with Crippen LogP contribution in [0, 0.1) is 6.92 Å². The fourth-order valence-electron chi connectivity index (χ4n) is 2.10. The molecule has 102 valence electrons. The molecule has 2 aromatic heterocycles. The van der Waals surface area contributed by atoms with Crippen LogP contribution < -0.4 is 5.32 Å². The highest BCUT2D eigenvalue weighted by atomic mass is 16.4. The molecular formula is C15H16N4O. The summed E-state index contributed by atoms with van der Waals surface area (Å²) in [6.07, 6.45) is 2.03. The van der Waals surface area contributed by atoms with E-state index in [1.54, 1.807) is 6.92 Å². The molecule has 0 unspecified atom stereocenters. The summed E-state index contributed by atoms with van der Waals surface area (Å²) in [5, 5.41) is 11.4. The number of rotatable bonds is 4. The standard InChI is InChI=1S/C15H16N4O/c1-11-17-18-15(20-11)13-7-3-4-8-14(13)16-10-12-6-5-9-19(12)2/h3-9,16H,10H2,1-2H3. The summed E-state index contributed by atoms with van der Waals surface area (Å²) >= 11 is 0. The maximum Gasteiger partial charge on any atom is 0.249 e. The number of anilines is 1. The Bertz CT molecular complexity index is 714. The molecule has 2 heterocycles. The van der Waals surface area contributed by atoms with Crippen LogP contribution in [0.2, 0.25) is 0 Å². The molecule has 0 aliphatic heterocycles. The van der Waals surface area contributed by atoms with E-state index in [2.05, 4.69) is 26.1 Å². The van der Waals surface area contributed by atoms with Crippen LogP contribution in [0.25, 0.3) is 11.5 Å². The van der Waals surface area contributed by atoms with E-state index in [0.717, 1.165) is 17.8 Å². The van der Waals surface area contributed by atoms with Gasteiger partial charge in [-0.3, -0.25) is 0 Å². The minimum atomic E-state index is 0.539. The molecule has 0 saturated carbocycles. The third-order valence-electron chi connectivity index (χ3n) is 3.19. The molecule has 0 atom stereocenters. The molecule has 0 bridgehead atoms. The van der Waals surface area contributed by atoms with Gasteiger partial charge in [-0.15, -0.1) is 10.2 Å². The fourth-order valence-corrected chi connectivity index (χ4v) is 2.10. The van der Waals surface area contributed by atoms with Gasteiger partial charge in [-0.25, -0.2) is 0 Å². The van der Waals surface area contributed by atoms with Crippen LogP contribution in [0.3, 0.4) is 0 Å². The molecule has 0 radical (unpaired) electrons. The molecule has 20 heavy (non-hydrogen) atoms. The quantitative estimate of drug-likeness (QED) is 0.790. The fraction of sp³-hybridized carbons (Fsp3) is 0.200. The maximum atomic E-state index is 5.50. The van der Waals surface area contributed by atoms with Crippen molar-refractivity contribution in [3.63, 3.8) is 0 Å². The molecule has 5 nitrogen and oxygen atoms in total. The highest BCUT2D eigenvalue weighted by Crippen LogP contribution is 2.26. The van der Waals surface area contributed by atoms with Crippen molar-refractivity contribution in [1.29, 1.82) is 0 Å². The zero-order valence-corrected chi connectivity index (χ0v) is 11.5. The molecule has 0 amide bonds. The zero-order chi connectivity index (χ0) is 13.9. The lowest BCUT2D eigenvalue weighted by Crippen LogP contribution is -2.04. The topological polar surface area (TPSA) is 55.9 Å². The number of hydrogen-bond donors (Lipinski definition) is 1. The number of aryl methyl sites for hydroxylation is 2. The van der Waals surface area contributed by atoms with E-state index < -0.39 is 0 Å². The van der Waals surface area contributed by atoms with E-state index in [0.29, 0.717) is 11.8 Å². The summed E-state index contributed by atoms with van der Waals surface area (Å²) in [7, 11) is 2.03. The van der Waals surface area contributed by atoms with Gasteiger partial charge in [-0.05, 0) is 24.3 Å². The summed E-state index contributed by atoms with van der Waals surface area (Å²) in [5.41, 5.74) is 3.11. The minimum absolute atomic E-state index is 0.539. The highest BCUT2D eigenvalue weighted by molar-refractivity contribution is 5.72. The van der Waals surface area contributed by atoms with Crippen molar-refractivity contribution in [2.75, 3.05) is 5.32 Å². The van der Waals surface area contributed by atoms with E-state index in [4.69, 9.17) is 4.42 Å². The molecule has 1 aromatic carbocycles. The predicted octanol–water partition coefficient (Wildman–Crippen LogP) is 3.00. The number of para-hydroxylation sites is 1. The second kappa shape index (κ2) is 5.21. The normalized spacial score (nSPS) is 10.7. The van der Waals surface area contributed by atoms with E-state index in [-0.39, 0.29) is 0 Å². The lowest BCUT2D eigenvalue weighted by Gasteiger charge is -2.10. The van der Waals surface area contributed by atoms with Gasteiger partial charge in [-0.1, -0.05) is 12.1 Å². The largest absolute Gasteiger partial charge is 0.421 e. The van der Waals surface area contributed by atoms with Crippen molar-refractivity contribution in [3.8, 4) is 11.5 Å². The van der Waals surface area contributed by atoms with Crippen LogP contribution in [0.15, 0.2) is 47.0 Å². The van der Waals surface area contributed by atoms with Crippen molar-refractivity contribution in [1.82, 2.24) is 14.8 Å². The molecule has 0 aliphatic carbocycles. The summed E-state index contributed by atoms with van der Waals surface area (Å²) in [6.45, 7) is 2.53. The lowest BCUT2D eigenvalue weighted by molar-refractivity contribution is 0.533. The summed E-state index contributed by atoms with van der Waals surface area (Å²) in [5.74, 6) is 1.11. The first kappa shape index (κ1) is 12.5. The molecule has 1 N–H and O–H groups in total. The maximum absolute atomic E-state index is 5.50. The number of nitrogens with one attached hydrogen (secondary N) is 1. The monoisotopic (exact) mass is 268 g/mol. The summed E-state index contributed by atoms with van der Waals surface area (Å²) < 4.78 is 7.59. The average Bonchev–Trinajstić information content (AvgIpc) is 3.06. The number of hydrogen-bond acceptors (Lipinski definition) is 4. The highest BCUT2D eigenvalue weighted by Gasteiger charge is 2.10. The van der Waals surface area contributed by atoms with Gasteiger partial charge in [0.1, 0.15) is 0 Å². The first-order valence-electron chi connectivity index (χ1n) is 6.47. The van der Waals surface area contributed by atoms with Crippen molar-refractivity contribution >= 4 is 5.69 Å². The molecule has 0 spiro atoms. The minimum Gasteiger partial charge on any atom is -0.421 e. The Balaban J connectivity index is 1.85. The molecular weight excluding hydrogens is 252 g/mol. The Morgan fingerprint density at radius 1 is 1.15 bits per heavy atom. The Morgan fingerprint density at radius 3 is 2.70 bits per heavy atom. The van der Waals surface area contributed by atoms with Crippen LogP contribution >= 0.6 is 0 Å². The number of aromatic nitrogens is 3. The Morgan fingerprint density at radius 2 is 2.00 bits per heavy atom. The van der Waals surface area contributed by atoms with Gasteiger partial charge in [0, 0.05) is 31.5 Å². The smallest absolute Gasteiger partial charge is 0.249 e. The molecule has 3 rings (SSSR count). The molecule has 0 aliphatic rings. The van der Waals surface area contributed by atoms with Crippen molar-refractivity contribution in [2.24, 2.45) is 7.05 Å². The van der Waals surface area contributed by atoms with Crippen LogP contribution in [-0.4, -0.2) is 14.8 Å². The SMILES string of the molecule is Cc1nnc(-c2ccccc2NCc2cccn2C)o1.